The highest BCUT2D eigenvalue weighted by Crippen LogP contribution is 2.06. The van der Waals surface area contributed by atoms with Crippen molar-refractivity contribution in [1.29, 1.82) is 0 Å². The van der Waals surface area contributed by atoms with Crippen LogP contribution in [0.3, 0.4) is 0 Å². The Morgan fingerprint density at radius 2 is 2.07 bits per heavy atom. The molecule has 2 amide bonds. The van der Waals surface area contributed by atoms with Gasteiger partial charge in [0.05, 0.1) is 6.04 Å². The van der Waals surface area contributed by atoms with Gasteiger partial charge in [0.15, 0.2) is 0 Å². The third-order valence-corrected chi connectivity index (χ3v) is 1.38. The second-order valence-corrected chi connectivity index (χ2v) is 4.12. The van der Waals surface area contributed by atoms with E-state index in [4.69, 9.17) is 10.5 Å². The first-order valence-electron chi connectivity index (χ1n) is 4.66. The standard InChI is InChI=1S/C10H18N2O3/c1-5-6-7(11)8(13)12-9(14)15-10(2,3)4/h5,7H,1,6,11H2,2-4H3,(H,12,13,14)/t7-/m0/s1. The Morgan fingerprint density at radius 3 is 2.47 bits per heavy atom. The number of alkyl carbamates (subject to hydrolysis) is 1. The van der Waals surface area contributed by atoms with Crippen LogP contribution in [-0.2, 0) is 9.53 Å². The number of carbonyl (C=O) groups excluding carboxylic acids is 2. The maximum absolute atomic E-state index is 11.2. The van der Waals surface area contributed by atoms with Gasteiger partial charge >= 0.3 is 6.09 Å². The van der Waals surface area contributed by atoms with E-state index in [2.05, 4.69) is 6.58 Å². The van der Waals surface area contributed by atoms with E-state index in [0.717, 1.165) is 0 Å². The van der Waals surface area contributed by atoms with E-state index in [9.17, 15) is 9.59 Å². The molecular formula is C10H18N2O3. The summed E-state index contributed by atoms with van der Waals surface area (Å²) >= 11 is 0. The van der Waals surface area contributed by atoms with E-state index in [1.165, 1.54) is 6.08 Å². The maximum Gasteiger partial charge on any atom is 0.414 e. The molecule has 0 spiro atoms. The van der Waals surface area contributed by atoms with Gasteiger partial charge in [-0.2, -0.15) is 0 Å². The van der Waals surface area contributed by atoms with Crippen molar-refractivity contribution in [3.63, 3.8) is 0 Å². The number of rotatable bonds is 3. The molecule has 15 heavy (non-hydrogen) atoms. The summed E-state index contributed by atoms with van der Waals surface area (Å²) in [7, 11) is 0. The Hall–Kier alpha value is -1.36. The van der Waals surface area contributed by atoms with Crippen molar-refractivity contribution in [3.8, 4) is 0 Å². The zero-order chi connectivity index (χ0) is 12.1. The topological polar surface area (TPSA) is 81.4 Å². The molecule has 0 bridgehead atoms. The van der Waals surface area contributed by atoms with E-state index in [1.807, 2.05) is 5.32 Å². The molecule has 0 aliphatic rings. The number of nitrogens with one attached hydrogen (secondary N) is 1. The van der Waals surface area contributed by atoms with Crippen LogP contribution in [0.5, 0.6) is 0 Å². The van der Waals surface area contributed by atoms with Crippen LogP contribution < -0.4 is 11.1 Å². The number of amides is 2. The largest absolute Gasteiger partial charge is 0.444 e. The first kappa shape index (κ1) is 13.6. The van der Waals surface area contributed by atoms with Crippen molar-refractivity contribution in [2.75, 3.05) is 0 Å². The van der Waals surface area contributed by atoms with Gasteiger partial charge in [0.2, 0.25) is 5.91 Å². The molecule has 86 valence electrons. The lowest BCUT2D eigenvalue weighted by Gasteiger charge is -2.19. The summed E-state index contributed by atoms with van der Waals surface area (Å²) in [6.45, 7) is 8.57. The Bertz CT molecular complexity index is 256. The van der Waals surface area contributed by atoms with Gasteiger partial charge in [0.1, 0.15) is 5.60 Å². The van der Waals surface area contributed by atoms with E-state index in [-0.39, 0.29) is 0 Å². The SMILES string of the molecule is C=CC[C@H](N)C(=O)NC(=O)OC(C)(C)C. The lowest BCUT2D eigenvalue weighted by molar-refractivity contribution is -0.121. The van der Waals surface area contributed by atoms with Gasteiger partial charge in [0, 0.05) is 0 Å². The van der Waals surface area contributed by atoms with Crippen LogP contribution in [-0.4, -0.2) is 23.6 Å². The van der Waals surface area contributed by atoms with Crippen LogP contribution in [0.1, 0.15) is 27.2 Å². The summed E-state index contributed by atoms with van der Waals surface area (Å²) in [5.74, 6) is -0.566. The second kappa shape index (κ2) is 5.50. The van der Waals surface area contributed by atoms with Crippen molar-refractivity contribution in [3.05, 3.63) is 12.7 Å². The highest BCUT2D eigenvalue weighted by atomic mass is 16.6. The summed E-state index contributed by atoms with van der Waals surface area (Å²) in [5, 5.41) is 2.05. The number of hydrogen-bond donors (Lipinski definition) is 2. The van der Waals surface area contributed by atoms with Gasteiger partial charge < -0.3 is 10.5 Å². The maximum atomic E-state index is 11.2. The molecule has 5 nitrogen and oxygen atoms in total. The average molecular weight is 214 g/mol. The lowest BCUT2D eigenvalue weighted by Crippen LogP contribution is -2.45. The summed E-state index contributed by atoms with van der Waals surface area (Å²) in [6, 6.07) is -0.769. The van der Waals surface area contributed by atoms with Crippen LogP contribution in [0.4, 0.5) is 4.79 Å². The van der Waals surface area contributed by atoms with Crippen molar-refractivity contribution in [1.82, 2.24) is 5.32 Å². The Balaban J connectivity index is 4.07. The summed E-state index contributed by atoms with van der Waals surface area (Å²) in [6.07, 6.45) is 1.04. The zero-order valence-corrected chi connectivity index (χ0v) is 9.37. The fourth-order valence-electron chi connectivity index (χ4n) is 0.783. The van der Waals surface area contributed by atoms with Crippen LogP contribution in [0.25, 0.3) is 0 Å². The second-order valence-electron chi connectivity index (χ2n) is 4.12. The molecule has 0 aliphatic carbocycles. The van der Waals surface area contributed by atoms with Crippen molar-refractivity contribution in [2.24, 2.45) is 5.73 Å². The van der Waals surface area contributed by atoms with Crippen LogP contribution in [0.15, 0.2) is 12.7 Å². The number of hydrogen-bond acceptors (Lipinski definition) is 4. The molecule has 0 fully saturated rings. The lowest BCUT2D eigenvalue weighted by atomic mass is 10.2. The van der Waals surface area contributed by atoms with Gasteiger partial charge in [-0.05, 0) is 27.2 Å². The van der Waals surface area contributed by atoms with Crippen LogP contribution in [0, 0.1) is 0 Å². The van der Waals surface area contributed by atoms with E-state index in [0.29, 0.717) is 6.42 Å². The minimum atomic E-state index is -0.785. The molecule has 0 rings (SSSR count). The molecule has 0 aromatic carbocycles. The molecule has 5 heteroatoms. The van der Waals surface area contributed by atoms with Gasteiger partial charge in [-0.1, -0.05) is 6.08 Å². The van der Waals surface area contributed by atoms with Gasteiger partial charge in [0.25, 0.3) is 0 Å². The van der Waals surface area contributed by atoms with Gasteiger partial charge in [-0.3, -0.25) is 10.1 Å². The van der Waals surface area contributed by atoms with Crippen molar-refractivity contribution < 1.29 is 14.3 Å². The monoisotopic (exact) mass is 214 g/mol. The van der Waals surface area contributed by atoms with Crippen LogP contribution >= 0.6 is 0 Å². The molecule has 0 unspecified atom stereocenters. The number of ether oxygens (including phenoxy) is 1. The van der Waals surface area contributed by atoms with E-state index < -0.39 is 23.6 Å². The molecule has 0 aromatic heterocycles. The molecule has 0 heterocycles. The van der Waals surface area contributed by atoms with E-state index in [1.54, 1.807) is 20.8 Å². The predicted molar refractivity (Wildman–Crippen MR) is 57.2 cm³/mol. The fraction of sp³-hybridized carbons (Fsp3) is 0.600. The minimum absolute atomic E-state index is 0.314. The molecule has 0 aromatic rings. The molecule has 0 aliphatic heterocycles. The average Bonchev–Trinajstić information content (AvgIpc) is 2.00. The molecule has 1 atom stereocenters. The Labute approximate surface area is 89.7 Å². The Kier molecular flexibility index (Phi) is 5.00. The number of imide groups is 1. The summed E-state index contributed by atoms with van der Waals surface area (Å²) in [4.78, 5) is 22.4. The molecule has 0 radical (unpaired) electrons. The highest BCUT2D eigenvalue weighted by molar-refractivity contribution is 5.94. The number of nitrogens with two attached hydrogens (primary N) is 1. The molecule has 3 N–H and O–H groups in total. The summed E-state index contributed by atoms with van der Waals surface area (Å²) < 4.78 is 4.88. The fourth-order valence-corrected chi connectivity index (χ4v) is 0.783. The third-order valence-electron chi connectivity index (χ3n) is 1.38. The van der Waals surface area contributed by atoms with Crippen molar-refractivity contribution >= 4 is 12.0 Å². The third kappa shape index (κ3) is 6.68. The van der Waals surface area contributed by atoms with Crippen LogP contribution in [0.2, 0.25) is 0 Å². The number of carbonyl (C=O) groups is 2. The first-order valence-corrected chi connectivity index (χ1v) is 4.66. The van der Waals surface area contributed by atoms with Crippen molar-refractivity contribution in [2.45, 2.75) is 38.8 Å². The quantitative estimate of drug-likeness (QED) is 0.685. The molecule has 0 saturated carbocycles. The van der Waals surface area contributed by atoms with Gasteiger partial charge in [-0.15, -0.1) is 6.58 Å². The minimum Gasteiger partial charge on any atom is -0.444 e. The molecule has 0 saturated heterocycles. The van der Waals surface area contributed by atoms with E-state index >= 15 is 0 Å². The Morgan fingerprint density at radius 1 is 1.53 bits per heavy atom. The smallest absolute Gasteiger partial charge is 0.414 e. The predicted octanol–water partition coefficient (Wildman–Crippen LogP) is 0.941. The molecular weight excluding hydrogens is 196 g/mol. The first-order chi connectivity index (χ1) is 6.76. The normalized spacial score (nSPS) is 12.8. The zero-order valence-electron chi connectivity index (χ0n) is 9.37. The van der Waals surface area contributed by atoms with Gasteiger partial charge in [-0.25, -0.2) is 4.79 Å². The highest BCUT2D eigenvalue weighted by Gasteiger charge is 2.20. The summed E-state index contributed by atoms with van der Waals surface area (Å²) in [5.41, 5.74) is 4.82.